The molecule has 0 aliphatic carbocycles. The van der Waals surface area contributed by atoms with Crippen molar-refractivity contribution in [3.63, 3.8) is 0 Å². The summed E-state index contributed by atoms with van der Waals surface area (Å²) in [5, 5.41) is 0. The molecule has 0 aromatic heterocycles. The summed E-state index contributed by atoms with van der Waals surface area (Å²) >= 11 is 0. The third-order valence-corrected chi connectivity index (χ3v) is 3.74. The fraction of sp³-hybridized carbons (Fsp3) is 0.333. The van der Waals surface area contributed by atoms with E-state index in [9.17, 15) is 0 Å². The first-order chi connectivity index (χ1) is 8.74. The van der Waals surface area contributed by atoms with Crippen LogP contribution < -0.4 is 5.73 Å². The molecule has 0 unspecified atom stereocenters. The molecule has 94 valence electrons. The molecule has 0 spiro atoms. The van der Waals surface area contributed by atoms with Gasteiger partial charge in [-0.1, -0.05) is 24.3 Å². The Morgan fingerprint density at radius 3 is 2.78 bits per heavy atom. The van der Waals surface area contributed by atoms with E-state index in [1.54, 1.807) is 0 Å². The van der Waals surface area contributed by atoms with Gasteiger partial charge in [0, 0.05) is 38.5 Å². The topological polar surface area (TPSA) is 32.5 Å². The maximum absolute atomic E-state index is 5.92. The Kier molecular flexibility index (Phi) is 2.74. The molecular weight excluding hydrogens is 222 g/mol. The van der Waals surface area contributed by atoms with Gasteiger partial charge in [-0.15, -0.1) is 0 Å². The van der Waals surface area contributed by atoms with Crippen LogP contribution in [0.1, 0.15) is 11.1 Å². The Bertz CT molecular complexity index is 516. The molecule has 2 N–H and O–H groups in total. The maximum Gasteiger partial charge on any atom is 0.106 e. The normalized spacial score (nSPS) is 19.2. The summed E-state index contributed by atoms with van der Waals surface area (Å²) in [5.41, 5.74) is 9.72. The zero-order valence-corrected chi connectivity index (χ0v) is 10.8. The Hall–Kier alpha value is -1.90. The lowest BCUT2D eigenvalue weighted by atomic mass is 10.00. The summed E-state index contributed by atoms with van der Waals surface area (Å²) in [4.78, 5) is 4.67. The van der Waals surface area contributed by atoms with E-state index in [2.05, 4.69) is 53.3 Å². The van der Waals surface area contributed by atoms with Gasteiger partial charge in [0.25, 0.3) is 0 Å². The van der Waals surface area contributed by atoms with Crippen LogP contribution in [0, 0.1) is 0 Å². The van der Waals surface area contributed by atoms with Gasteiger partial charge in [-0.25, -0.2) is 0 Å². The van der Waals surface area contributed by atoms with Crippen LogP contribution in [0.2, 0.25) is 0 Å². The minimum absolute atomic E-state index is 0.877. The molecule has 0 bridgehead atoms. The van der Waals surface area contributed by atoms with Crippen LogP contribution in [0.4, 0.5) is 0 Å². The Labute approximate surface area is 108 Å². The number of hydrogen-bond donors (Lipinski definition) is 1. The lowest BCUT2D eigenvalue weighted by Crippen LogP contribution is -2.38. The molecule has 18 heavy (non-hydrogen) atoms. The minimum Gasteiger partial charge on any atom is -0.399 e. The molecule has 2 aliphatic rings. The molecule has 0 radical (unpaired) electrons. The highest BCUT2D eigenvalue weighted by atomic mass is 15.3. The van der Waals surface area contributed by atoms with Crippen molar-refractivity contribution < 1.29 is 0 Å². The molecular formula is C15H19N3. The quantitative estimate of drug-likeness (QED) is 0.812. The number of fused-ring (bicyclic) bond motifs is 1. The minimum atomic E-state index is 0.877. The van der Waals surface area contributed by atoms with Gasteiger partial charge < -0.3 is 15.5 Å². The van der Waals surface area contributed by atoms with Crippen molar-refractivity contribution in [1.29, 1.82) is 0 Å². The monoisotopic (exact) mass is 241 g/mol. The SMILES string of the molecule is CN1CC=C(N)C=C1N1CCc2ccccc2C1. The second-order valence-electron chi connectivity index (χ2n) is 5.03. The van der Waals surface area contributed by atoms with Crippen LogP contribution in [-0.4, -0.2) is 29.9 Å². The Balaban J connectivity index is 1.86. The predicted molar refractivity (Wildman–Crippen MR) is 73.5 cm³/mol. The van der Waals surface area contributed by atoms with Crippen LogP contribution in [0.15, 0.2) is 47.9 Å². The summed E-state index contributed by atoms with van der Waals surface area (Å²) < 4.78 is 0. The molecule has 3 rings (SSSR count). The summed E-state index contributed by atoms with van der Waals surface area (Å²) in [5.74, 6) is 1.24. The van der Waals surface area contributed by atoms with Crippen molar-refractivity contribution in [2.45, 2.75) is 13.0 Å². The number of allylic oxidation sites excluding steroid dienone is 1. The molecule has 0 fully saturated rings. The van der Waals surface area contributed by atoms with Crippen LogP contribution in [0.5, 0.6) is 0 Å². The van der Waals surface area contributed by atoms with Crippen molar-refractivity contribution in [1.82, 2.24) is 9.80 Å². The lowest BCUT2D eigenvalue weighted by Gasteiger charge is -2.38. The van der Waals surface area contributed by atoms with Crippen molar-refractivity contribution in [2.24, 2.45) is 5.73 Å². The first-order valence-electron chi connectivity index (χ1n) is 6.44. The molecule has 2 aliphatic heterocycles. The second kappa shape index (κ2) is 4.41. The van der Waals surface area contributed by atoms with Gasteiger partial charge in [-0.2, -0.15) is 0 Å². The van der Waals surface area contributed by atoms with Gasteiger partial charge in [0.1, 0.15) is 5.82 Å². The van der Waals surface area contributed by atoms with E-state index in [0.717, 1.165) is 31.8 Å². The smallest absolute Gasteiger partial charge is 0.106 e. The van der Waals surface area contributed by atoms with E-state index in [1.165, 1.54) is 16.9 Å². The van der Waals surface area contributed by atoms with Crippen molar-refractivity contribution in [3.05, 3.63) is 59.1 Å². The molecule has 3 heteroatoms. The van der Waals surface area contributed by atoms with E-state index in [4.69, 9.17) is 5.73 Å². The number of nitrogens with two attached hydrogens (primary N) is 1. The molecule has 1 aromatic rings. The number of likely N-dealkylation sites (N-methyl/N-ethyl adjacent to an activating group) is 1. The highest BCUT2D eigenvalue weighted by Gasteiger charge is 2.21. The number of rotatable bonds is 1. The van der Waals surface area contributed by atoms with Gasteiger partial charge in [0.05, 0.1) is 0 Å². The lowest BCUT2D eigenvalue weighted by molar-refractivity contribution is 0.227. The first kappa shape index (κ1) is 11.2. The van der Waals surface area contributed by atoms with Crippen LogP contribution in [0.25, 0.3) is 0 Å². The van der Waals surface area contributed by atoms with E-state index in [1.807, 2.05) is 0 Å². The van der Waals surface area contributed by atoms with E-state index < -0.39 is 0 Å². The first-order valence-corrected chi connectivity index (χ1v) is 6.44. The van der Waals surface area contributed by atoms with Crippen LogP contribution >= 0.6 is 0 Å². The van der Waals surface area contributed by atoms with E-state index in [-0.39, 0.29) is 0 Å². The largest absolute Gasteiger partial charge is 0.399 e. The zero-order valence-electron chi connectivity index (χ0n) is 10.8. The van der Waals surface area contributed by atoms with Crippen molar-refractivity contribution in [2.75, 3.05) is 20.1 Å². The maximum atomic E-state index is 5.92. The third-order valence-electron chi connectivity index (χ3n) is 3.74. The summed E-state index contributed by atoms with van der Waals surface area (Å²) in [6.07, 6.45) is 5.25. The average molecular weight is 241 g/mol. The molecule has 1 aromatic carbocycles. The molecule has 0 saturated heterocycles. The molecule has 0 amide bonds. The van der Waals surface area contributed by atoms with Gasteiger partial charge in [-0.05, 0) is 23.6 Å². The number of benzene rings is 1. The number of nitrogens with zero attached hydrogens (tertiary/aromatic N) is 2. The van der Waals surface area contributed by atoms with Gasteiger partial charge >= 0.3 is 0 Å². The highest BCUT2D eigenvalue weighted by Crippen LogP contribution is 2.24. The average Bonchev–Trinajstić information content (AvgIpc) is 2.41. The van der Waals surface area contributed by atoms with Crippen LogP contribution in [0.3, 0.4) is 0 Å². The van der Waals surface area contributed by atoms with E-state index >= 15 is 0 Å². The second-order valence-corrected chi connectivity index (χ2v) is 5.03. The molecule has 0 atom stereocenters. The summed E-state index contributed by atoms with van der Waals surface area (Å²) in [7, 11) is 2.12. The fourth-order valence-corrected chi connectivity index (χ4v) is 2.68. The fourth-order valence-electron chi connectivity index (χ4n) is 2.68. The standard InChI is InChI=1S/C15H19N3/c1-17-8-7-14(16)10-15(17)18-9-6-12-4-2-3-5-13(12)11-18/h2-5,7,10H,6,8-9,11,16H2,1H3. The predicted octanol–water partition coefficient (Wildman–Crippen LogP) is 1.67. The van der Waals surface area contributed by atoms with Gasteiger partial charge in [-0.3, -0.25) is 0 Å². The summed E-state index contributed by atoms with van der Waals surface area (Å²) in [6.45, 7) is 2.95. The third kappa shape index (κ3) is 1.96. The van der Waals surface area contributed by atoms with Gasteiger partial charge in [0.15, 0.2) is 0 Å². The molecule has 2 heterocycles. The highest BCUT2D eigenvalue weighted by molar-refractivity contribution is 5.32. The zero-order chi connectivity index (χ0) is 12.5. The van der Waals surface area contributed by atoms with Crippen LogP contribution in [-0.2, 0) is 13.0 Å². The van der Waals surface area contributed by atoms with E-state index in [0.29, 0.717) is 0 Å². The Morgan fingerprint density at radius 1 is 1.17 bits per heavy atom. The van der Waals surface area contributed by atoms with Gasteiger partial charge in [0.2, 0.25) is 0 Å². The Morgan fingerprint density at radius 2 is 1.94 bits per heavy atom. The molecule has 0 saturated carbocycles. The summed E-state index contributed by atoms with van der Waals surface area (Å²) in [6, 6.07) is 8.71. The molecule has 3 nitrogen and oxygen atoms in total. The number of hydrogen-bond acceptors (Lipinski definition) is 3. The van der Waals surface area contributed by atoms with Crippen molar-refractivity contribution in [3.8, 4) is 0 Å². The van der Waals surface area contributed by atoms with Crippen molar-refractivity contribution >= 4 is 0 Å².